The van der Waals surface area contributed by atoms with Crippen LogP contribution in [-0.2, 0) is 0 Å². The van der Waals surface area contributed by atoms with E-state index >= 15 is 0 Å². The van der Waals surface area contributed by atoms with Crippen molar-refractivity contribution in [3.63, 3.8) is 0 Å². The molecule has 2 aromatic carbocycles. The number of anilines is 2. The Balaban J connectivity index is 1.80. The zero-order valence-electron chi connectivity index (χ0n) is 14.1. The van der Waals surface area contributed by atoms with Gasteiger partial charge in [-0.25, -0.2) is 4.79 Å². The average Bonchev–Trinajstić information content (AvgIpc) is 2.97. The number of hydrogen-bond donors (Lipinski definition) is 4. The molecule has 0 aliphatic heterocycles. The molecule has 0 fully saturated rings. The molecule has 0 aliphatic rings. The molecule has 0 atom stereocenters. The fourth-order valence-electron chi connectivity index (χ4n) is 2.46. The van der Waals surface area contributed by atoms with E-state index in [2.05, 4.69) is 31.3 Å². The van der Waals surface area contributed by atoms with Gasteiger partial charge in [-0.15, -0.1) is 24.5 Å². The van der Waals surface area contributed by atoms with E-state index < -0.39 is 24.1 Å². The summed E-state index contributed by atoms with van der Waals surface area (Å²) < 4.78 is 41.1. The molecule has 0 aliphatic carbocycles. The van der Waals surface area contributed by atoms with E-state index in [-0.39, 0.29) is 22.0 Å². The van der Waals surface area contributed by atoms with Crippen LogP contribution >= 0.6 is 27.3 Å². The largest absolute Gasteiger partial charge is 0.573 e. The second kappa shape index (κ2) is 7.79. The number of phenolic OH excluding ortho intramolecular Hbond substituents is 1. The zero-order valence-corrected chi connectivity index (χ0v) is 16.5. The predicted octanol–water partition coefficient (Wildman–Crippen LogP) is 5.01. The minimum atomic E-state index is -4.82. The molecule has 1 heterocycles. The lowest BCUT2D eigenvalue weighted by Crippen LogP contribution is -2.21. The topological polar surface area (TPSA) is 114 Å². The van der Waals surface area contributed by atoms with Crippen molar-refractivity contribution in [1.29, 1.82) is 0 Å². The summed E-state index contributed by atoms with van der Waals surface area (Å²) in [5, 5.41) is 15.3. The van der Waals surface area contributed by atoms with Crippen molar-refractivity contribution < 1.29 is 32.6 Å². The summed E-state index contributed by atoms with van der Waals surface area (Å²) >= 11 is 4.23. The molecule has 0 saturated heterocycles. The molecule has 3 amide bonds. The van der Waals surface area contributed by atoms with Gasteiger partial charge in [0.25, 0.3) is 5.91 Å². The van der Waals surface area contributed by atoms with Gasteiger partial charge >= 0.3 is 12.4 Å². The Morgan fingerprint density at radius 2 is 1.76 bits per heavy atom. The Bertz CT molecular complexity index is 1100. The summed E-state index contributed by atoms with van der Waals surface area (Å²) in [7, 11) is 0. The summed E-state index contributed by atoms with van der Waals surface area (Å²) in [6.45, 7) is 0. The molecule has 12 heteroatoms. The molecule has 29 heavy (non-hydrogen) atoms. The Morgan fingerprint density at radius 1 is 1.10 bits per heavy atom. The second-order valence-electron chi connectivity index (χ2n) is 5.60. The highest BCUT2D eigenvalue weighted by Gasteiger charge is 2.31. The van der Waals surface area contributed by atoms with E-state index in [1.165, 1.54) is 24.3 Å². The quantitative estimate of drug-likeness (QED) is 0.412. The van der Waals surface area contributed by atoms with E-state index in [1.54, 1.807) is 0 Å². The van der Waals surface area contributed by atoms with Gasteiger partial charge in [-0.2, -0.15) is 0 Å². The molecular weight excluding hydrogens is 479 g/mol. The van der Waals surface area contributed by atoms with Crippen LogP contribution in [0.3, 0.4) is 0 Å². The van der Waals surface area contributed by atoms with Crippen LogP contribution in [0.15, 0.2) is 40.9 Å². The van der Waals surface area contributed by atoms with Crippen molar-refractivity contribution in [2.24, 2.45) is 5.73 Å². The van der Waals surface area contributed by atoms with Gasteiger partial charge < -0.3 is 20.9 Å². The first-order valence-corrected chi connectivity index (χ1v) is 9.33. The number of ether oxygens (including phenoxy) is 1. The number of halogens is 4. The minimum absolute atomic E-state index is 0.0491. The number of nitrogens with two attached hydrogens (primary N) is 1. The van der Waals surface area contributed by atoms with E-state index in [9.17, 15) is 27.9 Å². The van der Waals surface area contributed by atoms with Crippen molar-refractivity contribution >= 4 is 60.0 Å². The monoisotopic (exact) mass is 489 g/mol. The third-order valence-corrected chi connectivity index (χ3v) is 5.80. The van der Waals surface area contributed by atoms with Gasteiger partial charge in [0.05, 0.1) is 14.7 Å². The maximum atomic E-state index is 12.3. The molecule has 0 bridgehead atoms. The normalized spacial score (nSPS) is 11.3. The number of carbonyl (C=O) groups is 2. The van der Waals surface area contributed by atoms with E-state index in [1.807, 2.05) is 0 Å². The molecule has 0 saturated carbocycles. The maximum absolute atomic E-state index is 12.3. The zero-order chi connectivity index (χ0) is 21.3. The van der Waals surface area contributed by atoms with Crippen molar-refractivity contribution in [3.8, 4) is 11.5 Å². The Morgan fingerprint density at radius 3 is 2.34 bits per heavy atom. The molecule has 7 nitrogen and oxygen atoms in total. The summed E-state index contributed by atoms with van der Waals surface area (Å²) in [6, 6.07) is 6.64. The molecular formula is C17H11BrF3N3O4S. The molecule has 0 unspecified atom stereocenters. The van der Waals surface area contributed by atoms with Gasteiger partial charge in [-0.3, -0.25) is 10.1 Å². The van der Waals surface area contributed by atoms with E-state index in [0.717, 1.165) is 23.5 Å². The first-order valence-electron chi connectivity index (χ1n) is 7.73. The van der Waals surface area contributed by atoms with Crippen LogP contribution in [-0.4, -0.2) is 23.4 Å². The number of fused-ring (bicyclic) bond motifs is 1. The van der Waals surface area contributed by atoms with Crippen molar-refractivity contribution in [3.05, 3.63) is 46.4 Å². The van der Waals surface area contributed by atoms with Gasteiger partial charge in [0.15, 0.2) is 0 Å². The van der Waals surface area contributed by atoms with Crippen molar-refractivity contribution in [2.75, 3.05) is 10.6 Å². The predicted molar refractivity (Wildman–Crippen MR) is 105 cm³/mol. The lowest BCUT2D eigenvalue weighted by atomic mass is 10.1. The van der Waals surface area contributed by atoms with Crippen molar-refractivity contribution in [2.45, 2.75) is 6.36 Å². The van der Waals surface area contributed by atoms with Crippen LogP contribution < -0.4 is 21.1 Å². The number of rotatable bonds is 4. The molecule has 1 aromatic heterocycles. The van der Waals surface area contributed by atoms with Crippen LogP contribution in [0.2, 0.25) is 0 Å². The third kappa shape index (κ3) is 4.71. The van der Waals surface area contributed by atoms with Gasteiger partial charge in [0.1, 0.15) is 16.5 Å². The first kappa shape index (κ1) is 20.7. The van der Waals surface area contributed by atoms with Crippen LogP contribution in [0.25, 0.3) is 10.1 Å². The summed E-state index contributed by atoms with van der Waals surface area (Å²) in [6.07, 6.45) is -4.82. The SMILES string of the molecule is NC(=O)c1c(NC(=O)Nc2ccc(OC(F)(F)F)cc2)sc2c(Br)c(O)ccc12. The summed E-state index contributed by atoms with van der Waals surface area (Å²) in [4.78, 5) is 24.1. The summed E-state index contributed by atoms with van der Waals surface area (Å²) in [5.74, 6) is -1.27. The van der Waals surface area contributed by atoms with Gasteiger partial charge in [0, 0.05) is 11.1 Å². The number of phenols is 1. The highest BCUT2D eigenvalue weighted by molar-refractivity contribution is 9.10. The second-order valence-corrected chi connectivity index (χ2v) is 7.41. The van der Waals surface area contributed by atoms with E-state index in [0.29, 0.717) is 14.6 Å². The van der Waals surface area contributed by atoms with Crippen LogP contribution in [0.1, 0.15) is 10.4 Å². The number of alkyl halides is 3. The van der Waals surface area contributed by atoms with Crippen molar-refractivity contribution in [1.82, 2.24) is 0 Å². The Labute approximate surface area is 173 Å². The number of nitrogens with one attached hydrogen (secondary N) is 2. The number of urea groups is 1. The smallest absolute Gasteiger partial charge is 0.507 e. The fraction of sp³-hybridized carbons (Fsp3) is 0.0588. The molecule has 0 spiro atoms. The highest BCUT2D eigenvalue weighted by atomic mass is 79.9. The van der Waals surface area contributed by atoms with Gasteiger partial charge in [-0.05, 0) is 52.3 Å². The van der Waals surface area contributed by atoms with E-state index in [4.69, 9.17) is 5.73 Å². The third-order valence-electron chi connectivity index (χ3n) is 3.60. The number of thiophene rings is 1. The molecule has 152 valence electrons. The summed E-state index contributed by atoms with van der Waals surface area (Å²) in [5.41, 5.74) is 5.68. The molecule has 0 radical (unpaired) electrons. The number of aromatic hydroxyl groups is 1. The Kier molecular flexibility index (Phi) is 5.57. The van der Waals surface area contributed by atoms with Gasteiger partial charge in [0.2, 0.25) is 0 Å². The average molecular weight is 490 g/mol. The molecule has 3 rings (SSSR count). The van der Waals surface area contributed by atoms with Crippen LogP contribution in [0.5, 0.6) is 11.5 Å². The number of amides is 3. The standard InChI is InChI=1S/C17H11BrF3N3O4S/c18-12-10(25)6-5-9-11(14(22)26)15(29-13(9)12)24-16(27)23-7-1-3-8(4-2-7)28-17(19,20)21/h1-6,25H,(H2,22,26)(H2,23,24,27). The molecule has 5 N–H and O–H groups in total. The van der Waals surface area contributed by atoms with Crippen LogP contribution in [0, 0.1) is 0 Å². The number of carbonyl (C=O) groups excluding carboxylic acids is 2. The highest BCUT2D eigenvalue weighted by Crippen LogP contribution is 2.43. The number of benzene rings is 2. The lowest BCUT2D eigenvalue weighted by Gasteiger charge is -2.10. The first-order chi connectivity index (χ1) is 13.5. The fourth-order valence-corrected chi connectivity index (χ4v) is 4.18. The lowest BCUT2D eigenvalue weighted by molar-refractivity contribution is -0.274. The van der Waals surface area contributed by atoms with Gasteiger partial charge in [-0.1, -0.05) is 0 Å². The minimum Gasteiger partial charge on any atom is -0.507 e. The Hall–Kier alpha value is -2.99. The number of hydrogen-bond acceptors (Lipinski definition) is 5. The molecule has 3 aromatic rings. The maximum Gasteiger partial charge on any atom is 0.573 e. The van der Waals surface area contributed by atoms with Crippen LogP contribution in [0.4, 0.5) is 28.7 Å². The number of primary amides is 1.